The molecule has 0 bridgehead atoms. The lowest BCUT2D eigenvalue weighted by Crippen LogP contribution is -1.97. The summed E-state index contributed by atoms with van der Waals surface area (Å²) in [4.78, 5) is 19.5. The van der Waals surface area contributed by atoms with Crippen molar-refractivity contribution in [1.82, 2.24) is 14.4 Å². The van der Waals surface area contributed by atoms with Gasteiger partial charge in [-0.1, -0.05) is 0 Å². The molecule has 0 spiro atoms. The Morgan fingerprint density at radius 2 is 2.00 bits per heavy atom. The zero-order valence-corrected chi connectivity index (χ0v) is 10.2. The maximum absolute atomic E-state index is 11.3. The summed E-state index contributed by atoms with van der Waals surface area (Å²) < 4.78 is 1.78. The van der Waals surface area contributed by atoms with Crippen LogP contribution < -0.4 is 0 Å². The molecule has 0 saturated carbocycles. The van der Waals surface area contributed by atoms with Gasteiger partial charge in [0.25, 0.3) is 0 Å². The van der Waals surface area contributed by atoms with E-state index in [1.807, 2.05) is 25.3 Å². The summed E-state index contributed by atoms with van der Waals surface area (Å²) in [5.74, 6) is -0.418. The third-order valence-corrected chi connectivity index (χ3v) is 2.94. The predicted octanol–water partition coefficient (Wildman–Crippen LogP) is 2.40. The minimum atomic E-state index is -1.02. The topological polar surface area (TPSA) is 67.5 Å². The van der Waals surface area contributed by atoms with Crippen LogP contribution in [0.4, 0.5) is 0 Å². The monoisotopic (exact) mass is 253 g/mol. The van der Waals surface area contributed by atoms with E-state index < -0.39 is 5.97 Å². The lowest BCUT2D eigenvalue weighted by molar-refractivity contribution is 0.0693. The van der Waals surface area contributed by atoms with Crippen LogP contribution in [0.1, 0.15) is 16.1 Å². The first kappa shape index (κ1) is 11.4. The van der Waals surface area contributed by atoms with Crippen molar-refractivity contribution < 1.29 is 9.90 Å². The van der Waals surface area contributed by atoms with Crippen LogP contribution in [0.15, 0.2) is 42.9 Å². The van der Waals surface area contributed by atoms with E-state index in [1.54, 1.807) is 28.9 Å². The van der Waals surface area contributed by atoms with E-state index in [1.165, 1.54) is 0 Å². The van der Waals surface area contributed by atoms with Crippen molar-refractivity contribution >= 4 is 11.5 Å². The van der Waals surface area contributed by atoms with Gasteiger partial charge in [-0.2, -0.15) is 0 Å². The number of nitrogens with zero attached hydrogens (tertiary/aromatic N) is 3. The molecule has 0 amide bonds. The van der Waals surface area contributed by atoms with Gasteiger partial charge in [-0.25, -0.2) is 9.78 Å². The van der Waals surface area contributed by atoms with Crippen LogP contribution in [0.2, 0.25) is 0 Å². The van der Waals surface area contributed by atoms with Crippen molar-refractivity contribution in [2.45, 2.75) is 6.92 Å². The summed E-state index contributed by atoms with van der Waals surface area (Å²) in [7, 11) is 0. The van der Waals surface area contributed by atoms with Crippen LogP contribution in [0.25, 0.3) is 16.9 Å². The number of carboxylic acid groups (broad SMARTS) is 1. The first-order valence-corrected chi connectivity index (χ1v) is 5.79. The van der Waals surface area contributed by atoms with Gasteiger partial charge in [-0.15, -0.1) is 0 Å². The highest BCUT2D eigenvalue weighted by Gasteiger charge is 2.17. The molecule has 0 atom stereocenters. The second-order valence-electron chi connectivity index (χ2n) is 4.28. The molecular formula is C14H11N3O2. The number of carboxylic acids is 1. The molecule has 3 aromatic rings. The number of aromatic nitrogens is 3. The quantitative estimate of drug-likeness (QED) is 0.761. The van der Waals surface area contributed by atoms with Gasteiger partial charge < -0.3 is 5.11 Å². The SMILES string of the molecule is Cc1ccn2c(-c3ccncc3)nc(C(=O)O)c2c1. The van der Waals surface area contributed by atoms with Crippen LogP contribution in [0, 0.1) is 6.92 Å². The minimum Gasteiger partial charge on any atom is -0.476 e. The molecule has 94 valence electrons. The largest absolute Gasteiger partial charge is 0.476 e. The van der Waals surface area contributed by atoms with Crippen molar-refractivity contribution in [3.63, 3.8) is 0 Å². The minimum absolute atomic E-state index is 0.0653. The Hall–Kier alpha value is -2.69. The fourth-order valence-corrected chi connectivity index (χ4v) is 2.05. The number of pyridine rings is 2. The molecule has 0 unspecified atom stereocenters. The molecule has 5 nitrogen and oxygen atoms in total. The predicted molar refractivity (Wildman–Crippen MR) is 70.1 cm³/mol. The Bertz CT molecular complexity index is 763. The number of hydrogen-bond acceptors (Lipinski definition) is 3. The number of imidazole rings is 1. The third kappa shape index (κ3) is 1.85. The Morgan fingerprint density at radius 3 is 2.68 bits per heavy atom. The van der Waals surface area contributed by atoms with Crippen LogP contribution in [0.5, 0.6) is 0 Å². The summed E-state index contributed by atoms with van der Waals surface area (Å²) in [6, 6.07) is 7.35. The second kappa shape index (κ2) is 4.20. The molecule has 5 heteroatoms. The maximum atomic E-state index is 11.3. The maximum Gasteiger partial charge on any atom is 0.356 e. The third-order valence-electron chi connectivity index (χ3n) is 2.94. The lowest BCUT2D eigenvalue weighted by atomic mass is 10.2. The first-order valence-electron chi connectivity index (χ1n) is 5.79. The van der Waals surface area contributed by atoms with Gasteiger partial charge in [0, 0.05) is 24.2 Å². The lowest BCUT2D eigenvalue weighted by Gasteiger charge is -2.01. The summed E-state index contributed by atoms with van der Waals surface area (Å²) in [5, 5.41) is 9.25. The van der Waals surface area contributed by atoms with Crippen LogP contribution in [-0.4, -0.2) is 25.4 Å². The zero-order chi connectivity index (χ0) is 13.4. The van der Waals surface area contributed by atoms with Gasteiger partial charge in [-0.3, -0.25) is 9.38 Å². The molecule has 1 N–H and O–H groups in total. The zero-order valence-electron chi connectivity index (χ0n) is 10.2. The van der Waals surface area contributed by atoms with Crippen molar-refractivity contribution in [2.75, 3.05) is 0 Å². The number of aryl methyl sites for hydroxylation is 1. The fourth-order valence-electron chi connectivity index (χ4n) is 2.05. The highest BCUT2D eigenvalue weighted by Crippen LogP contribution is 2.23. The molecule has 0 fully saturated rings. The molecule has 3 aromatic heterocycles. The molecule has 0 aliphatic carbocycles. The fraction of sp³-hybridized carbons (Fsp3) is 0.0714. The smallest absolute Gasteiger partial charge is 0.356 e. The van der Waals surface area contributed by atoms with Crippen LogP contribution in [-0.2, 0) is 0 Å². The average Bonchev–Trinajstić information content (AvgIpc) is 2.78. The standard InChI is InChI=1S/C14H11N3O2/c1-9-4-7-17-11(8-9)12(14(18)19)16-13(17)10-2-5-15-6-3-10/h2-8H,1H3,(H,18,19). The summed E-state index contributed by atoms with van der Waals surface area (Å²) in [6.07, 6.45) is 5.15. The highest BCUT2D eigenvalue weighted by molar-refractivity contribution is 5.95. The molecule has 0 aliphatic heterocycles. The van der Waals surface area contributed by atoms with E-state index in [0.717, 1.165) is 11.1 Å². The number of aromatic carboxylic acids is 1. The average molecular weight is 253 g/mol. The Labute approximate surface area is 109 Å². The Balaban J connectivity index is 2.35. The van der Waals surface area contributed by atoms with Crippen molar-refractivity contribution in [3.05, 3.63) is 54.1 Å². The normalized spacial score (nSPS) is 10.8. The van der Waals surface area contributed by atoms with E-state index in [9.17, 15) is 9.90 Å². The van der Waals surface area contributed by atoms with Gasteiger partial charge in [0.15, 0.2) is 5.69 Å². The van der Waals surface area contributed by atoms with E-state index in [2.05, 4.69) is 9.97 Å². The molecule has 0 saturated heterocycles. The number of hydrogen-bond donors (Lipinski definition) is 1. The van der Waals surface area contributed by atoms with Gasteiger partial charge in [-0.05, 0) is 36.8 Å². The van der Waals surface area contributed by atoms with E-state index in [4.69, 9.17) is 0 Å². The summed E-state index contributed by atoms with van der Waals surface area (Å²) in [5.41, 5.74) is 2.49. The number of fused-ring (bicyclic) bond motifs is 1. The van der Waals surface area contributed by atoms with Crippen molar-refractivity contribution in [2.24, 2.45) is 0 Å². The molecule has 19 heavy (non-hydrogen) atoms. The highest BCUT2D eigenvalue weighted by atomic mass is 16.4. The second-order valence-corrected chi connectivity index (χ2v) is 4.28. The van der Waals surface area contributed by atoms with E-state index >= 15 is 0 Å². The summed E-state index contributed by atoms with van der Waals surface area (Å²) in [6.45, 7) is 1.92. The van der Waals surface area contributed by atoms with Crippen molar-refractivity contribution in [1.29, 1.82) is 0 Å². The van der Waals surface area contributed by atoms with Gasteiger partial charge in [0.05, 0.1) is 5.52 Å². The molecule has 3 rings (SSSR count). The molecule has 3 heterocycles. The van der Waals surface area contributed by atoms with Gasteiger partial charge in [0.1, 0.15) is 5.82 Å². The van der Waals surface area contributed by atoms with Crippen LogP contribution in [0.3, 0.4) is 0 Å². The number of carbonyl (C=O) groups is 1. The molecule has 0 aromatic carbocycles. The molecular weight excluding hydrogens is 242 g/mol. The number of rotatable bonds is 2. The van der Waals surface area contributed by atoms with E-state index in [-0.39, 0.29) is 5.69 Å². The Kier molecular flexibility index (Phi) is 2.52. The summed E-state index contributed by atoms with van der Waals surface area (Å²) >= 11 is 0. The molecule has 0 aliphatic rings. The molecule has 0 radical (unpaired) electrons. The van der Waals surface area contributed by atoms with Gasteiger partial charge in [0.2, 0.25) is 0 Å². The van der Waals surface area contributed by atoms with E-state index in [0.29, 0.717) is 11.3 Å². The van der Waals surface area contributed by atoms with Crippen molar-refractivity contribution in [3.8, 4) is 11.4 Å². The Morgan fingerprint density at radius 1 is 1.26 bits per heavy atom. The van der Waals surface area contributed by atoms with Gasteiger partial charge >= 0.3 is 5.97 Å². The van der Waals surface area contributed by atoms with Crippen LogP contribution >= 0.6 is 0 Å². The first-order chi connectivity index (χ1) is 9.16.